The first-order valence-corrected chi connectivity index (χ1v) is 6.62. The van der Waals surface area contributed by atoms with Crippen molar-refractivity contribution in [3.63, 3.8) is 0 Å². The number of hydrogen-bond donors (Lipinski definition) is 1. The van der Waals surface area contributed by atoms with Crippen LogP contribution in [0.3, 0.4) is 0 Å². The van der Waals surface area contributed by atoms with Gasteiger partial charge in [0, 0.05) is 6.04 Å². The van der Waals surface area contributed by atoms with Crippen LogP contribution in [-0.2, 0) is 0 Å². The molecule has 2 unspecified atom stereocenters. The van der Waals surface area contributed by atoms with Crippen molar-refractivity contribution in [2.75, 3.05) is 6.61 Å². The maximum absolute atomic E-state index is 5.85. The Morgan fingerprint density at radius 1 is 1.24 bits per heavy atom. The molecule has 0 aliphatic heterocycles. The molecule has 0 saturated carbocycles. The molecule has 1 rings (SSSR count). The van der Waals surface area contributed by atoms with Crippen LogP contribution in [0.15, 0.2) is 24.3 Å². The largest absolute Gasteiger partial charge is 0.493 e. The van der Waals surface area contributed by atoms with Gasteiger partial charge in [0.05, 0.1) is 6.61 Å². The Kier molecular flexibility index (Phi) is 6.06. The second-order valence-electron chi connectivity index (χ2n) is 4.82. The molecule has 0 saturated heterocycles. The minimum Gasteiger partial charge on any atom is -0.493 e. The number of hydrogen-bond acceptors (Lipinski definition) is 2. The summed E-state index contributed by atoms with van der Waals surface area (Å²) in [6.45, 7) is 7.24. The zero-order chi connectivity index (χ0) is 12.7. The van der Waals surface area contributed by atoms with Crippen molar-refractivity contribution in [3.8, 4) is 5.75 Å². The maximum Gasteiger partial charge on any atom is 0.122 e. The van der Waals surface area contributed by atoms with Gasteiger partial charge in [0.15, 0.2) is 0 Å². The average Bonchev–Trinajstić information content (AvgIpc) is 2.34. The van der Waals surface area contributed by atoms with Gasteiger partial charge in [0.25, 0.3) is 0 Å². The summed E-state index contributed by atoms with van der Waals surface area (Å²) in [5.41, 5.74) is 7.03. The molecule has 0 aliphatic carbocycles. The summed E-state index contributed by atoms with van der Waals surface area (Å²) in [5, 5.41) is 0. The van der Waals surface area contributed by atoms with Gasteiger partial charge in [-0.15, -0.1) is 0 Å². The first-order valence-electron chi connectivity index (χ1n) is 6.62. The van der Waals surface area contributed by atoms with Crippen molar-refractivity contribution < 1.29 is 4.74 Å². The van der Waals surface area contributed by atoms with E-state index in [1.165, 1.54) is 5.56 Å². The highest BCUT2D eigenvalue weighted by molar-refractivity contribution is 5.35. The van der Waals surface area contributed by atoms with Crippen molar-refractivity contribution in [2.45, 2.75) is 52.0 Å². The van der Waals surface area contributed by atoms with Crippen molar-refractivity contribution in [2.24, 2.45) is 5.73 Å². The van der Waals surface area contributed by atoms with E-state index in [1.807, 2.05) is 13.0 Å². The lowest BCUT2D eigenvalue weighted by Gasteiger charge is -2.15. The minimum atomic E-state index is 0.267. The van der Waals surface area contributed by atoms with Crippen molar-refractivity contribution in [3.05, 3.63) is 29.8 Å². The minimum absolute atomic E-state index is 0.267. The van der Waals surface area contributed by atoms with Crippen LogP contribution >= 0.6 is 0 Å². The molecule has 2 nitrogen and oxygen atoms in total. The topological polar surface area (TPSA) is 35.2 Å². The molecule has 1 aromatic rings. The average molecular weight is 235 g/mol. The second kappa shape index (κ2) is 7.33. The molecule has 0 heterocycles. The molecule has 0 fully saturated rings. The summed E-state index contributed by atoms with van der Waals surface area (Å²) in [4.78, 5) is 0. The molecule has 2 N–H and O–H groups in total. The molecular weight excluding hydrogens is 210 g/mol. The van der Waals surface area contributed by atoms with Gasteiger partial charge < -0.3 is 10.5 Å². The van der Waals surface area contributed by atoms with Crippen molar-refractivity contribution in [1.29, 1.82) is 0 Å². The van der Waals surface area contributed by atoms with Gasteiger partial charge in [0.2, 0.25) is 0 Å². The fourth-order valence-corrected chi connectivity index (χ4v) is 1.83. The Labute approximate surface area is 105 Å². The molecule has 17 heavy (non-hydrogen) atoms. The van der Waals surface area contributed by atoms with Gasteiger partial charge in [-0.05, 0) is 43.7 Å². The van der Waals surface area contributed by atoms with Gasteiger partial charge >= 0.3 is 0 Å². The normalized spacial score (nSPS) is 14.4. The molecular formula is C15H25NO. The zero-order valence-electron chi connectivity index (χ0n) is 11.3. The van der Waals surface area contributed by atoms with Crippen LogP contribution in [0.2, 0.25) is 0 Å². The van der Waals surface area contributed by atoms with E-state index in [0.717, 1.165) is 31.6 Å². The number of nitrogens with two attached hydrogens (primary N) is 1. The van der Waals surface area contributed by atoms with Crippen LogP contribution in [0.4, 0.5) is 0 Å². The molecule has 0 aliphatic rings. The number of para-hydroxylation sites is 1. The van der Waals surface area contributed by atoms with Crippen LogP contribution < -0.4 is 10.5 Å². The molecule has 0 aromatic heterocycles. The van der Waals surface area contributed by atoms with E-state index in [1.54, 1.807) is 0 Å². The van der Waals surface area contributed by atoms with Crippen LogP contribution in [0.5, 0.6) is 5.75 Å². The summed E-state index contributed by atoms with van der Waals surface area (Å²) < 4.78 is 5.85. The van der Waals surface area contributed by atoms with Crippen molar-refractivity contribution >= 4 is 0 Å². The van der Waals surface area contributed by atoms with Crippen LogP contribution in [0.1, 0.15) is 51.5 Å². The van der Waals surface area contributed by atoms with E-state index >= 15 is 0 Å². The Bertz CT molecular complexity index is 322. The molecule has 1 aromatic carbocycles. The highest BCUT2D eigenvalue weighted by Gasteiger charge is 2.09. The number of rotatable bonds is 7. The monoisotopic (exact) mass is 235 g/mol. The third-order valence-corrected chi connectivity index (χ3v) is 3.12. The standard InChI is InChI=1S/C15H25NO/c1-4-12(2)14-9-5-6-10-15(14)17-11-7-8-13(3)16/h5-6,9-10,12-13H,4,7-8,11,16H2,1-3H3. The van der Waals surface area contributed by atoms with Gasteiger partial charge in [-0.25, -0.2) is 0 Å². The third kappa shape index (κ3) is 4.78. The number of benzene rings is 1. The quantitative estimate of drug-likeness (QED) is 0.731. The Hall–Kier alpha value is -1.02. The van der Waals surface area contributed by atoms with Gasteiger partial charge in [0.1, 0.15) is 5.75 Å². The molecule has 2 heteroatoms. The Morgan fingerprint density at radius 2 is 1.94 bits per heavy atom. The molecule has 2 atom stereocenters. The van der Waals surface area contributed by atoms with E-state index in [0.29, 0.717) is 5.92 Å². The highest BCUT2D eigenvalue weighted by Crippen LogP contribution is 2.28. The highest BCUT2D eigenvalue weighted by atomic mass is 16.5. The van der Waals surface area contributed by atoms with Crippen LogP contribution in [0.25, 0.3) is 0 Å². The SMILES string of the molecule is CCC(C)c1ccccc1OCCCC(C)N. The number of ether oxygens (including phenoxy) is 1. The lowest BCUT2D eigenvalue weighted by atomic mass is 9.98. The molecule has 0 bridgehead atoms. The summed E-state index contributed by atoms with van der Waals surface area (Å²) in [6, 6.07) is 8.61. The van der Waals surface area contributed by atoms with Gasteiger partial charge in [-0.1, -0.05) is 32.0 Å². The van der Waals surface area contributed by atoms with E-state index in [4.69, 9.17) is 10.5 Å². The first-order chi connectivity index (χ1) is 8.15. The summed E-state index contributed by atoms with van der Waals surface area (Å²) in [6.07, 6.45) is 3.18. The van der Waals surface area contributed by atoms with Crippen LogP contribution in [-0.4, -0.2) is 12.6 Å². The fraction of sp³-hybridized carbons (Fsp3) is 0.600. The summed E-state index contributed by atoms with van der Waals surface area (Å²) in [7, 11) is 0. The maximum atomic E-state index is 5.85. The van der Waals surface area contributed by atoms with Gasteiger partial charge in [-0.3, -0.25) is 0 Å². The smallest absolute Gasteiger partial charge is 0.122 e. The molecule has 0 spiro atoms. The molecule has 0 radical (unpaired) electrons. The predicted octanol–water partition coefficient (Wildman–Crippen LogP) is 3.71. The Balaban J connectivity index is 2.52. The lowest BCUT2D eigenvalue weighted by molar-refractivity contribution is 0.298. The predicted molar refractivity (Wildman–Crippen MR) is 73.5 cm³/mol. The van der Waals surface area contributed by atoms with Gasteiger partial charge in [-0.2, -0.15) is 0 Å². The van der Waals surface area contributed by atoms with E-state index in [9.17, 15) is 0 Å². The zero-order valence-corrected chi connectivity index (χ0v) is 11.3. The molecule has 96 valence electrons. The Morgan fingerprint density at radius 3 is 2.59 bits per heavy atom. The summed E-state index contributed by atoms with van der Waals surface area (Å²) in [5.74, 6) is 1.59. The van der Waals surface area contributed by atoms with E-state index in [-0.39, 0.29) is 6.04 Å². The second-order valence-corrected chi connectivity index (χ2v) is 4.82. The van der Waals surface area contributed by atoms with E-state index < -0.39 is 0 Å². The van der Waals surface area contributed by atoms with Crippen molar-refractivity contribution in [1.82, 2.24) is 0 Å². The van der Waals surface area contributed by atoms with Crippen LogP contribution in [0, 0.1) is 0 Å². The lowest BCUT2D eigenvalue weighted by Crippen LogP contribution is -2.15. The first kappa shape index (κ1) is 14.0. The third-order valence-electron chi connectivity index (χ3n) is 3.12. The summed E-state index contributed by atoms with van der Waals surface area (Å²) >= 11 is 0. The van der Waals surface area contributed by atoms with E-state index in [2.05, 4.69) is 32.0 Å². The molecule has 0 amide bonds. The fourth-order valence-electron chi connectivity index (χ4n) is 1.83.